The highest BCUT2D eigenvalue weighted by Crippen LogP contribution is 2.29. The number of alkyl halides is 4. The molecular weight excluding hydrogens is 275 g/mol. The molecule has 0 radical (unpaired) electrons. The third kappa shape index (κ3) is 3.60. The molecule has 6 heteroatoms. The summed E-state index contributed by atoms with van der Waals surface area (Å²) in [6.07, 6.45) is -3.30. The molecule has 3 atom stereocenters. The second-order valence-electron chi connectivity index (χ2n) is 3.95. The third-order valence-corrected chi connectivity index (χ3v) is 3.64. The highest BCUT2D eigenvalue weighted by molar-refractivity contribution is 9.09. The van der Waals surface area contributed by atoms with Crippen LogP contribution in [-0.2, 0) is 0 Å². The summed E-state index contributed by atoms with van der Waals surface area (Å²) in [6, 6.07) is -0.193. The molecule has 0 saturated carbocycles. The Balaban J connectivity index is 2.50. The molecule has 1 saturated heterocycles. The van der Waals surface area contributed by atoms with Gasteiger partial charge in [-0.15, -0.1) is 0 Å². The van der Waals surface area contributed by atoms with Crippen LogP contribution in [0, 0.1) is 0 Å². The maximum atomic E-state index is 12.3. The van der Waals surface area contributed by atoms with Crippen molar-refractivity contribution in [3.63, 3.8) is 0 Å². The Kier molecular flexibility index (Phi) is 4.43. The van der Waals surface area contributed by atoms with E-state index in [2.05, 4.69) is 15.9 Å². The summed E-state index contributed by atoms with van der Waals surface area (Å²) in [5.74, 6) is 0. The molecule has 0 amide bonds. The zero-order valence-electron chi connectivity index (χ0n) is 8.47. The lowest BCUT2D eigenvalue weighted by Crippen LogP contribution is -2.50. The second-order valence-corrected chi connectivity index (χ2v) is 5.06. The van der Waals surface area contributed by atoms with Crippen LogP contribution >= 0.6 is 15.9 Å². The van der Waals surface area contributed by atoms with E-state index in [1.54, 1.807) is 11.8 Å². The van der Waals surface area contributed by atoms with Crippen molar-refractivity contribution in [1.82, 2.24) is 4.90 Å². The summed E-state index contributed by atoms with van der Waals surface area (Å²) in [5, 5.41) is 9.53. The van der Waals surface area contributed by atoms with Gasteiger partial charge >= 0.3 is 6.18 Å². The molecule has 0 aromatic rings. The van der Waals surface area contributed by atoms with Crippen LogP contribution in [0.3, 0.4) is 0 Å². The van der Waals surface area contributed by atoms with Crippen LogP contribution < -0.4 is 0 Å². The Morgan fingerprint density at radius 3 is 2.67 bits per heavy atom. The van der Waals surface area contributed by atoms with E-state index in [1.807, 2.05) is 0 Å². The van der Waals surface area contributed by atoms with E-state index < -0.39 is 17.1 Å². The molecule has 1 fully saturated rings. The predicted molar refractivity (Wildman–Crippen MR) is 55.0 cm³/mol. The number of piperidine rings is 1. The Morgan fingerprint density at radius 2 is 2.13 bits per heavy atom. The number of aliphatic hydroxyl groups is 1. The van der Waals surface area contributed by atoms with Crippen molar-refractivity contribution in [2.24, 2.45) is 0 Å². The molecule has 2 nitrogen and oxygen atoms in total. The summed E-state index contributed by atoms with van der Waals surface area (Å²) in [4.78, 5) is 0.166. The second kappa shape index (κ2) is 5.01. The average molecular weight is 290 g/mol. The highest BCUT2D eigenvalue weighted by Gasteiger charge is 2.40. The lowest BCUT2D eigenvalue weighted by atomic mass is 10.0. The maximum Gasteiger partial charge on any atom is 0.402 e. The van der Waals surface area contributed by atoms with Crippen LogP contribution in [0.25, 0.3) is 0 Å². The number of hydrogen-bond acceptors (Lipinski definition) is 2. The summed E-state index contributed by atoms with van der Waals surface area (Å²) in [6.45, 7) is 2.29. The quantitative estimate of drug-likeness (QED) is 0.788. The molecule has 0 bridgehead atoms. The standard InChI is InChI=1S/C9H15BrF3NO/c1-6-7(15)3-2-4-14(6)5-8(10)9(11,12)13/h6-8,15H,2-5H2,1H3. The van der Waals surface area contributed by atoms with Crippen molar-refractivity contribution in [2.75, 3.05) is 13.1 Å². The van der Waals surface area contributed by atoms with Gasteiger partial charge in [-0.25, -0.2) is 0 Å². The maximum absolute atomic E-state index is 12.3. The number of halogens is 4. The monoisotopic (exact) mass is 289 g/mol. The summed E-state index contributed by atoms with van der Waals surface area (Å²) >= 11 is 2.63. The zero-order valence-corrected chi connectivity index (χ0v) is 10.1. The van der Waals surface area contributed by atoms with Crippen LogP contribution in [0.15, 0.2) is 0 Å². The van der Waals surface area contributed by atoms with E-state index in [0.717, 1.165) is 6.42 Å². The van der Waals surface area contributed by atoms with Crippen molar-refractivity contribution in [3.8, 4) is 0 Å². The zero-order chi connectivity index (χ0) is 11.6. The van der Waals surface area contributed by atoms with E-state index >= 15 is 0 Å². The highest BCUT2D eigenvalue weighted by atomic mass is 79.9. The largest absolute Gasteiger partial charge is 0.402 e. The van der Waals surface area contributed by atoms with Gasteiger partial charge in [-0.3, -0.25) is 4.90 Å². The van der Waals surface area contributed by atoms with Crippen LogP contribution in [0.5, 0.6) is 0 Å². The smallest absolute Gasteiger partial charge is 0.392 e. The van der Waals surface area contributed by atoms with Crippen molar-refractivity contribution in [3.05, 3.63) is 0 Å². The van der Waals surface area contributed by atoms with E-state index in [9.17, 15) is 18.3 Å². The molecule has 0 aromatic carbocycles. The van der Waals surface area contributed by atoms with Gasteiger partial charge in [0.05, 0.1) is 6.10 Å². The van der Waals surface area contributed by atoms with Gasteiger partial charge in [0.2, 0.25) is 0 Å². The van der Waals surface area contributed by atoms with Gasteiger partial charge in [-0.2, -0.15) is 13.2 Å². The van der Waals surface area contributed by atoms with Gasteiger partial charge in [-0.1, -0.05) is 15.9 Å². The third-order valence-electron chi connectivity index (χ3n) is 2.83. The molecule has 1 heterocycles. The number of hydrogen-bond donors (Lipinski definition) is 1. The summed E-state index contributed by atoms with van der Waals surface area (Å²) in [7, 11) is 0. The predicted octanol–water partition coefficient (Wildman–Crippen LogP) is 2.16. The van der Waals surface area contributed by atoms with Crippen LogP contribution in [0.4, 0.5) is 13.2 Å². The molecule has 90 valence electrons. The van der Waals surface area contributed by atoms with Crippen LogP contribution in [0.2, 0.25) is 0 Å². The first-order valence-corrected chi connectivity index (χ1v) is 5.87. The summed E-state index contributed by atoms with van der Waals surface area (Å²) in [5.41, 5.74) is 0. The average Bonchev–Trinajstić information content (AvgIpc) is 2.11. The van der Waals surface area contributed by atoms with Gasteiger partial charge < -0.3 is 5.11 Å². The minimum absolute atomic E-state index is 0.0955. The minimum atomic E-state index is -4.22. The molecule has 0 spiro atoms. The number of rotatable bonds is 2. The normalized spacial score (nSPS) is 31.6. The molecule has 1 aliphatic rings. The van der Waals surface area contributed by atoms with Crippen molar-refractivity contribution >= 4 is 15.9 Å². The lowest BCUT2D eigenvalue weighted by Gasteiger charge is -2.38. The Morgan fingerprint density at radius 1 is 1.53 bits per heavy atom. The molecule has 15 heavy (non-hydrogen) atoms. The van der Waals surface area contributed by atoms with Gasteiger partial charge in [0, 0.05) is 12.6 Å². The number of nitrogens with zero attached hydrogens (tertiary/aromatic N) is 1. The molecular formula is C9H15BrF3NO. The molecule has 0 aromatic heterocycles. The Labute approximate surface area is 95.6 Å². The van der Waals surface area contributed by atoms with E-state index in [1.165, 1.54) is 0 Å². The fraction of sp³-hybridized carbons (Fsp3) is 1.00. The fourth-order valence-corrected chi connectivity index (χ4v) is 2.13. The fourth-order valence-electron chi connectivity index (χ4n) is 1.76. The first-order valence-electron chi connectivity index (χ1n) is 4.95. The van der Waals surface area contributed by atoms with Gasteiger partial charge in [-0.05, 0) is 26.3 Å². The van der Waals surface area contributed by atoms with E-state index in [0.29, 0.717) is 13.0 Å². The van der Waals surface area contributed by atoms with Crippen molar-refractivity contribution in [1.29, 1.82) is 0 Å². The van der Waals surface area contributed by atoms with Crippen molar-refractivity contribution in [2.45, 2.75) is 42.9 Å². The minimum Gasteiger partial charge on any atom is -0.392 e. The first kappa shape index (κ1) is 13.3. The van der Waals surface area contributed by atoms with Crippen LogP contribution in [0.1, 0.15) is 19.8 Å². The van der Waals surface area contributed by atoms with Gasteiger partial charge in [0.1, 0.15) is 4.83 Å². The topological polar surface area (TPSA) is 23.5 Å². The molecule has 1 rings (SSSR count). The van der Waals surface area contributed by atoms with E-state index in [4.69, 9.17) is 0 Å². The molecule has 0 aliphatic carbocycles. The SMILES string of the molecule is CC1C(O)CCCN1CC(Br)C(F)(F)F. The first-order chi connectivity index (χ1) is 6.82. The molecule has 1 N–H and O–H groups in total. The lowest BCUT2D eigenvalue weighted by molar-refractivity contribution is -0.134. The number of aliphatic hydroxyl groups excluding tert-OH is 1. The molecule has 3 unspecified atom stereocenters. The van der Waals surface area contributed by atoms with Gasteiger partial charge in [0.25, 0.3) is 0 Å². The number of likely N-dealkylation sites (tertiary alicyclic amines) is 1. The Bertz CT molecular complexity index is 212. The molecule has 1 aliphatic heterocycles. The van der Waals surface area contributed by atoms with Gasteiger partial charge in [0.15, 0.2) is 0 Å². The van der Waals surface area contributed by atoms with E-state index in [-0.39, 0.29) is 12.6 Å². The van der Waals surface area contributed by atoms with Crippen molar-refractivity contribution < 1.29 is 18.3 Å². The van der Waals surface area contributed by atoms with Crippen LogP contribution in [-0.4, -0.2) is 46.2 Å². The Hall–Kier alpha value is 0.190. The summed E-state index contributed by atoms with van der Waals surface area (Å²) < 4.78 is 36.9.